The summed E-state index contributed by atoms with van der Waals surface area (Å²) in [5.74, 6) is -1.43. The Hall–Kier alpha value is -3.51. The minimum atomic E-state index is -1.28. The first-order chi connectivity index (χ1) is 18.1. The lowest BCUT2D eigenvalue weighted by molar-refractivity contribution is -0.128. The number of benzene rings is 3. The van der Waals surface area contributed by atoms with Gasteiger partial charge in [-0.15, -0.1) is 0 Å². The fourth-order valence-corrected chi connectivity index (χ4v) is 6.89. The van der Waals surface area contributed by atoms with E-state index in [4.69, 9.17) is 0 Å². The third-order valence-corrected chi connectivity index (χ3v) is 8.83. The van der Waals surface area contributed by atoms with Crippen LogP contribution in [0.15, 0.2) is 83.3 Å². The monoisotopic (exact) mass is 568 g/mol. The van der Waals surface area contributed by atoms with Crippen LogP contribution >= 0.6 is 15.9 Å². The summed E-state index contributed by atoms with van der Waals surface area (Å²) in [6.45, 7) is 7.69. The number of Topliss-reactive ketones (excluding diaryl/α,β-unsaturated/α-hetero) is 2. The number of amides is 1. The summed E-state index contributed by atoms with van der Waals surface area (Å²) < 4.78 is 0.853. The van der Waals surface area contributed by atoms with Crippen molar-refractivity contribution in [1.82, 2.24) is 0 Å². The van der Waals surface area contributed by atoms with Gasteiger partial charge in [0.15, 0.2) is 11.6 Å². The molecule has 3 aromatic carbocycles. The second kappa shape index (κ2) is 8.50. The van der Waals surface area contributed by atoms with E-state index >= 15 is 0 Å². The highest BCUT2D eigenvalue weighted by Gasteiger charge is 2.71. The number of hydrogen-bond donors (Lipinski definition) is 1. The summed E-state index contributed by atoms with van der Waals surface area (Å²) in [6.07, 6.45) is 2.09. The number of nitrogens with zero attached hydrogens (tertiary/aromatic N) is 1. The van der Waals surface area contributed by atoms with E-state index in [0.717, 1.165) is 26.9 Å². The molecule has 38 heavy (non-hydrogen) atoms. The van der Waals surface area contributed by atoms with E-state index in [0.29, 0.717) is 11.3 Å². The van der Waals surface area contributed by atoms with E-state index in [-0.39, 0.29) is 17.5 Å². The maximum Gasteiger partial charge on any atom is 0.238 e. The van der Waals surface area contributed by atoms with Crippen LogP contribution in [0.2, 0.25) is 0 Å². The molecule has 0 unspecified atom stereocenters. The number of fused-ring (bicyclic) bond motifs is 6. The first-order valence-corrected chi connectivity index (χ1v) is 13.7. The molecule has 1 spiro atoms. The van der Waals surface area contributed by atoms with Gasteiger partial charge in [-0.2, -0.15) is 0 Å². The highest BCUT2D eigenvalue weighted by Crippen LogP contribution is 2.59. The summed E-state index contributed by atoms with van der Waals surface area (Å²) in [4.78, 5) is 45.5. The van der Waals surface area contributed by atoms with Crippen molar-refractivity contribution in [2.24, 2.45) is 11.3 Å². The topological polar surface area (TPSA) is 66.5 Å². The number of rotatable bonds is 3. The van der Waals surface area contributed by atoms with Crippen molar-refractivity contribution in [1.29, 1.82) is 0 Å². The second-order valence-electron chi connectivity index (χ2n) is 11.5. The second-order valence-corrected chi connectivity index (χ2v) is 12.4. The Bertz CT molecular complexity index is 1530. The fourth-order valence-electron chi connectivity index (χ4n) is 6.62. The molecule has 3 aliphatic rings. The molecule has 4 atom stereocenters. The van der Waals surface area contributed by atoms with Crippen LogP contribution in [0.3, 0.4) is 0 Å². The highest BCUT2D eigenvalue weighted by molar-refractivity contribution is 9.10. The Balaban J connectivity index is 1.70. The molecule has 6 rings (SSSR count). The molecule has 6 heteroatoms. The zero-order chi connectivity index (χ0) is 27.0. The number of allylic oxidation sites excluding steroid dienone is 1. The van der Waals surface area contributed by atoms with E-state index in [1.807, 2.05) is 88.4 Å². The molecule has 5 nitrogen and oxygen atoms in total. The van der Waals surface area contributed by atoms with Crippen LogP contribution in [-0.4, -0.2) is 29.6 Å². The van der Waals surface area contributed by atoms with Crippen LogP contribution in [0, 0.1) is 11.3 Å². The van der Waals surface area contributed by atoms with Crippen molar-refractivity contribution in [2.75, 3.05) is 10.2 Å². The normalized spacial score (nSPS) is 25.4. The summed E-state index contributed by atoms with van der Waals surface area (Å²) in [5.41, 5.74) is 2.84. The number of hydrogen-bond acceptors (Lipinski definition) is 4. The SMILES string of the molecule is CC1=C[C@@H]2N(c3ccccc31)[C@@H](C(=O)C(C)(C)C)[C@@H](C(=O)c1ccc(Br)cc1)[C@@]21C(=O)Nc2ccccc21. The quantitative estimate of drug-likeness (QED) is 0.370. The largest absolute Gasteiger partial charge is 0.352 e. The van der Waals surface area contributed by atoms with E-state index in [2.05, 4.69) is 32.2 Å². The fraction of sp³-hybridized carbons (Fsp3) is 0.281. The van der Waals surface area contributed by atoms with Crippen molar-refractivity contribution in [2.45, 2.75) is 45.2 Å². The molecule has 0 radical (unpaired) electrons. The van der Waals surface area contributed by atoms with Crippen molar-refractivity contribution < 1.29 is 14.4 Å². The molecule has 0 aliphatic carbocycles. The first kappa shape index (κ1) is 24.8. The number of anilines is 2. The van der Waals surface area contributed by atoms with Crippen molar-refractivity contribution in [3.8, 4) is 0 Å². The number of para-hydroxylation sites is 2. The Labute approximate surface area is 231 Å². The van der Waals surface area contributed by atoms with Crippen molar-refractivity contribution in [3.63, 3.8) is 0 Å². The molecule has 1 N–H and O–H groups in total. The number of nitrogens with one attached hydrogen (secondary N) is 1. The number of carbonyl (C=O) groups is 3. The Morgan fingerprint density at radius 3 is 2.32 bits per heavy atom. The zero-order valence-electron chi connectivity index (χ0n) is 21.8. The molecule has 3 heterocycles. The molecular formula is C32H29BrN2O3. The Morgan fingerprint density at radius 2 is 1.61 bits per heavy atom. The van der Waals surface area contributed by atoms with Gasteiger partial charge in [0.1, 0.15) is 11.5 Å². The number of ketones is 2. The van der Waals surface area contributed by atoms with E-state index in [9.17, 15) is 14.4 Å². The van der Waals surface area contributed by atoms with Crippen molar-refractivity contribution >= 4 is 50.4 Å². The molecule has 0 saturated carbocycles. The lowest BCUT2D eigenvalue weighted by atomic mass is 9.63. The zero-order valence-corrected chi connectivity index (χ0v) is 23.4. The van der Waals surface area contributed by atoms with Gasteiger partial charge in [-0.25, -0.2) is 0 Å². The summed E-state index contributed by atoms with van der Waals surface area (Å²) in [7, 11) is 0. The summed E-state index contributed by atoms with van der Waals surface area (Å²) >= 11 is 3.46. The smallest absolute Gasteiger partial charge is 0.238 e. The van der Waals surface area contributed by atoms with Gasteiger partial charge < -0.3 is 10.2 Å². The molecule has 1 fully saturated rings. The maximum atomic E-state index is 14.7. The van der Waals surface area contributed by atoms with Gasteiger partial charge in [0.25, 0.3) is 0 Å². The molecule has 3 aromatic rings. The summed E-state index contributed by atoms with van der Waals surface area (Å²) in [6, 6.07) is 21.4. The van der Waals surface area contributed by atoms with Gasteiger partial charge >= 0.3 is 0 Å². The minimum absolute atomic E-state index is 0.0604. The van der Waals surface area contributed by atoms with Gasteiger partial charge in [-0.1, -0.05) is 91.3 Å². The average molecular weight is 569 g/mol. The van der Waals surface area contributed by atoms with Crippen LogP contribution < -0.4 is 10.2 Å². The third kappa shape index (κ3) is 3.32. The molecular weight excluding hydrogens is 540 g/mol. The molecule has 0 bridgehead atoms. The molecule has 3 aliphatic heterocycles. The maximum absolute atomic E-state index is 14.7. The van der Waals surface area contributed by atoms with Crippen LogP contribution in [0.4, 0.5) is 11.4 Å². The first-order valence-electron chi connectivity index (χ1n) is 12.9. The van der Waals surface area contributed by atoms with E-state index < -0.39 is 28.8 Å². The van der Waals surface area contributed by atoms with Crippen LogP contribution in [-0.2, 0) is 15.0 Å². The molecule has 1 amide bonds. The van der Waals surface area contributed by atoms with Gasteiger partial charge in [0.2, 0.25) is 5.91 Å². The average Bonchev–Trinajstić information content (AvgIpc) is 3.36. The van der Waals surface area contributed by atoms with Crippen LogP contribution in [0.1, 0.15) is 49.2 Å². The third-order valence-electron chi connectivity index (χ3n) is 8.30. The predicted molar refractivity (Wildman–Crippen MR) is 153 cm³/mol. The van der Waals surface area contributed by atoms with Gasteiger partial charge in [-0.05, 0) is 42.3 Å². The molecule has 0 aromatic heterocycles. The minimum Gasteiger partial charge on any atom is -0.352 e. The van der Waals surface area contributed by atoms with Crippen LogP contribution in [0.5, 0.6) is 0 Å². The molecule has 192 valence electrons. The lowest BCUT2D eigenvalue weighted by Crippen LogP contribution is -2.51. The Morgan fingerprint density at radius 1 is 0.947 bits per heavy atom. The lowest BCUT2D eigenvalue weighted by Gasteiger charge is -2.39. The standard InChI is InChI=1S/C32H29BrN2O3/c1-18-17-25-32(22-10-6-7-11-23(22)34-30(32)38)26(28(36)19-13-15-20(33)16-14-19)27(29(37)31(2,3)4)35(25)24-12-8-5-9-21(18)24/h5-17,25-27H,1-4H3,(H,34,38)/t25-,26-,27+,32-/m0/s1. The predicted octanol–water partition coefficient (Wildman–Crippen LogP) is 6.43. The highest BCUT2D eigenvalue weighted by atomic mass is 79.9. The Kier molecular flexibility index (Phi) is 5.55. The van der Waals surface area contributed by atoms with E-state index in [1.54, 1.807) is 12.1 Å². The van der Waals surface area contributed by atoms with Gasteiger partial charge in [-0.3, -0.25) is 14.4 Å². The number of carbonyl (C=O) groups excluding carboxylic acids is 3. The van der Waals surface area contributed by atoms with Gasteiger partial charge in [0, 0.05) is 32.4 Å². The van der Waals surface area contributed by atoms with Gasteiger partial charge in [0.05, 0.1) is 12.0 Å². The summed E-state index contributed by atoms with van der Waals surface area (Å²) in [5, 5.41) is 3.08. The molecule has 1 saturated heterocycles. The van der Waals surface area contributed by atoms with Crippen molar-refractivity contribution in [3.05, 3.63) is 100 Å². The number of halogens is 1. The van der Waals surface area contributed by atoms with Crippen LogP contribution in [0.25, 0.3) is 5.57 Å². The van der Waals surface area contributed by atoms with E-state index in [1.165, 1.54) is 0 Å².